The van der Waals surface area contributed by atoms with E-state index < -0.39 is 11.0 Å². The number of fused-ring (bicyclic) bond motifs is 1. The van der Waals surface area contributed by atoms with Crippen LogP contribution >= 0.6 is 43.2 Å². The van der Waals surface area contributed by atoms with Crippen molar-refractivity contribution in [3.63, 3.8) is 0 Å². The van der Waals surface area contributed by atoms with Gasteiger partial charge in [0.15, 0.2) is 11.0 Å². The lowest BCUT2D eigenvalue weighted by Crippen LogP contribution is -2.27. The van der Waals surface area contributed by atoms with E-state index in [4.69, 9.17) is 0 Å². The highest BCUT2D eigenvalue weighted by Crippen LogP contribution is 2.44. The maximum Gasteiger partial charge on any atom is 0.269 e. The highest BCUT2D eigenvalue weighted by molar-refractivity contribution is 9.12. The number of halogens is 2. The number of thiophene rings is 1. The molecule has 3 nitrogen and oxygen atoms in total. The van der Waals surface area contributed by atoms with E-state index in [0.29, 0.717) is 17.0 Å². The van der Waals surface area contributed by atoms with Gasteiger partial charge in [0.25, 0.3) is 5.91 Å². The van der Waals surface area contributed by atoms with E-state index in [0.717, 1.165) is 20.4 Å². The number of carbonyl (C=O) groups is 1. The third-order valence-corrected chi connectivity index (χ3v) is 7.74. The molecule has 0 saturated carbocycles. The van der Waals surface area contributed by atoms with E-state index in [1.54, 1.807) is 0 Å². The van der Waals surface area contributed by atoms with Gasteiger partial charge in [-0.25, -0.2) is 4.21 Å². The van der Waals surface area contributed by atoms with Crippen LogP contribution in [0.3, 0.4) is 0 Å². The zero-order chi connectivity index (χ0) is 14.7. The van der Waals surface area contributed by atoms with E-state index in [-0.39, 0.29) is 5.91 Å². The molecular formula is C13H17Br2NO2S2. The van der Waals surface area contributed by atoms with Gasteiger partial charge in [-0.3, -0.25) is 9.10 Å². The van der Waals surface area contributed by atoms with Gasteiger partial charge in [-0.05, 0) is 38.3 Å². The van der Waals surface area contributed by atoms with Crippen molar-refractivity contribution in [3.05, 3.63) is 13.1 Å². The molecule has 1 atom stereocenters. The summed E-state index contributed by atoms with van der Waals surface area (Å²) in [5.41, 5.74) is 0.575. The molecule has 2 heterocycles. The Bertz CT molecular complexity index is 494. The zero-order valence-electron chi connectivity index (χ0n) is 11.3. The molecule has 0 aromatic carbocycles. The van der Waals surface area contributed by atoms with Crippen LogP contribution in [0.1, 0.15) is 55.8 Å². The molecule has 0 spiro atoms. The fraction of sp³-hybridized carbons (Fsp3) is 0.615. The fourth-order valence-electron chi connectivity index (χ4n) is 2.23. The molecule has 112 valence electrons. The molecule has 1 aromatic heterocycles. The first kappa shape index (κ1) is 16.6. The molecule has 0 bridgehead atoms. The quantitative estimate of drug-likeness (QED) is 0.550. The largest absolute Gasteiger partial charge is 0.269 e. The van der Waals surface area contributed by atoms with Crippen molar-refractivity contribution in [2.75, 3.05) is 6.54 Å². The smallest absolute Gasteiger partial charge is 0.268 e. The molecule has 0 radical (unpaired) electrons. The zero-order valence-corrected chi connectivity index (χ0v) is 16.1. The summed E-state index contributed by atoms with van der Waals surface area (Å²) in [6.07, 6.45) is 6.96. The monoisotopic (exact) mass is 441 g/mol. The molecule has 7 heteroatoms. The second-order valence-corrected chi connectivity index (χ2v) is 9.78. The standard InChI is InChI=1S/C13H17Br2NO2S2/c1-2-3-4-5-6-7-8-16-13(17)9-10(20(16)18)12(15)19-11(9)14/h2-8H2,1H3. The summed E-state index contributed by atoms with van der Waals surface area (Å²) in [7, 11) is -1.35. The van der Waals surface area contributed by atoms with Crippen LogP contribution < -0.4 is 0 Å². The van der Waals surface area contributed by atoms with Gasteiger partial charge in [-0.15, -0.1) is 11.3 Å². The molecule has 1 amide bonds. The van der Waals surface area contributed by atoms with Crippen molar-refractivity contribution < 1.29 is 9.00 Å². The van der Waals surface area contributed by atoms with Gasteiger partial charge < -0.3 is 0 Å². The summed E-state index contributed by atoms with van der Waals surface area (Å²) >= 11 is 8.18. The second kappa shape index (κ2) is 7.51. The second-order valence-electron chi connectivity index (χ2n) is 4.78. The lowest BCUT2D eigenvalue weighted by atomic mass is 10.1. The van der Waals surface area contributed by atoms with Gasteiger partial charge in [-0.1, -0.05) is 39.0 Å². The van der Waals surface area contributed by atoms with Crippen LogP contribution in [-0.4, -0.2) is 21.0 Å². The number of unbranched alkanes of at least 4 members (excludes halogenated alkanes) is 5. The van der Waals surface area contributed by atoms with Gasteiger partial charge in [0, 0.05) is 6.54 Å². The van der Waals surface area contributed by atoms with Crippen molar-refractivity contribution in [3.8, 4) is 0 Å². The van der Waals surface area contributed by atoms with Crippen LogP contribution in [0.25, 0.3) is 0 Å². The first-order valence-corrected chi connectivity index (χ1v) is 10.3. The Morgan fingerprint density at radius 2 is 1.75 bits per heavy atom. The van der Waals surface area contributed by atoms with E-state index in [1.165, 1.54) is 41.3 Å². The summed E-state index contributed by atoms with van der Waals surface area (Å²) in [5.74, 6) is -0.110. The average molecular weight is 443 g/mol. The Kier molecular flexibility index (Phi) is 6.25. The van der Waals surface area contributed by atoms with Crippen LogP contribution in [0.2, 0.25) is 0 Å². The Labute approximate surface area is 143 Å². The minimum absolute atomic E-state index is 0.110. The van der Waals surface area contributed by atoms with E-state index in [2.05, 4.69) is 38.8 Å². The molecular weight excluding hydrogens is 426 g/mol. The topological polar surface area (TPSA) is 37.4 Å². The summed E-state index contributed by atoms with van der Waals surface area (Å²) in [5, 5.41) is 0. The predicted molar refractivity (Wildman–Crippen MR) is 90.5 cm³/mol. The Hall–Kier alpha value is 0.280. The van der Waals surface area contributed by atoms with Crippen molar-refractivity contribution in [2.45, 2.75) is 50.3 Å². The van der Waals surface area contributed by atoms with E-state index in [9.17, 15) is 9.00 Å². The van der Waals surface area contributed by atoms with Gasteiger partial charge >= 0.3 is 0 Å². The molecule has 1 aliphatic rings. The summed E-state index contributed by atoms with van der Waals surface area (Å²) in [4.78, 5) is 12.9. The Morgan fingerprint density at radius 1 is 1.10 bits per heavy atom. The fourth-order valence-corrected chi connectivity index (χ4v) is 7.27. The minimum atomic E-state index is -1.35. The van der Waals surface area contributed by atoms with Crippen LogP contribution in [0, 0.1) is 0 Å². The molecule has 0 aliphatic carbocycles. The van der Waals surface area contributed by atoms with Gasteiger partial charge in [0.2, 0.25) is 0 Å². The van der Waals surface area contributed by atoms with Crippen molar-refractivity contribution >= 4 is 60.1 Å². The lowest BCUT2D eigenvalue weighted by molar-refractivity contribution is 0.0873. The summed E-state index contributed by atoms with van der Waals surface area (Å²) < 4.78 is 15.4. The van der Waals surface area contributed by atoms with Crippen molar-refractivity contribution in [2.24, 2.45) is 0 Å². The molecule has 0 fully saturated rings. The lowest BCUT2D eigenvalue weighted by Gasteiger charge is -2.14. The normalized spacial score (nSPS) is 17.9. The number of hydrogen-bond donors (Lipinski definition) is 0. The number of amides is 1. The number of hydrogen-bond acceptors (Lipinski definition) is 3. The van der Waals surface area contributed by atoms with E-state index in [1.807, 2.05) is 0 Å². The number of carbonyl (C=O) groups excluding carboxylic acids is 1. The van der Waals surface area contributed by atoms with Crippen LogP contribution in [0.15, 0.2) is 12.5 Å². The van der Waals surface area contributed by atoms with Crippen molar-refractivity contribution in [1.29, 1.82) is 0 Å². The van der Waals surface area contributed by atoms with Gasteiger partial charge in [0.05, 0.1) is 18.0 Å². The van der Waals surface area contributed by atoms with E-state index >= 15 is 0 Å². The number of rotatable bonds is 7. The third kappa shape index (κ3) is 3.36. The number of nitrogens with zero attached hydrogens (tertiary/aromatic N) is 1. The maximum atomic E-state index is 12.4. The molecule has 1 aliphatic heterocycles. The Morgan fingerprint density at radius 3 is 2.40 bits per heavy atom. The highest BCUT2D eigenvalue weighted by atomic mass is 79.9. The summed E-state index contributed by atoms with van der Waals surface area (Å²) in [6, 6.07) is 0. The van der Waals surface area contributed by atoms with Gasteiger partial charge in [0.1, 0.15) is 0 Å². The summed E-state index contributed by atoms with van der Waals surface area (Å²) in [6.45, 7) is 2.77. The molecule has 0 saturated heterocycles. The first-order chi connectivity index (χ1) is 9.57. The molecule has 2 rings (SSSR count). The average Bonchev–Trinajstić information content (AvgIpc) is 2.84. The molecule has 1 unspecified atom stereocenters. The van der Waals surface area contributed by atoms with Crippen molar-refractivity contribution in [1.82, 2.24) is 4.31 Å². The molecule has 20 heavy (non-hydrogen) atoms. The molecule has 1 aromatic rings. The molecule has 0 N–H and O–H groups in total. The van der Waals surface area contributed by atoms with Crippen LogP contribution in [0.4, 0.5) is 0 Å². The third-order valence-electron chi connectivity index (χ3n) is 3.31. The highest BCUT2D eigenvalue weighted by Gasteiger charge is 2.39. The minimum Gasteiger partial charge on any atom is -0.268 e. The predicted octanol–water partition coefficient (Wildman–Crippen LogP) is 5.11. The van der Waals surface area contributed by atoms with Crippen LogP contribution in [0.5, 0.6) is 0 Å². The Balaban J connectivity index is 1.91. The maximum absolute atomic E-state index is 12.4. The SMILES string of the molecule is CCCCCCCCN1C(=O)c2c(Br)sc(Br)c2S1=O. The van der Waals surface area contributed by atoms with Crippen LogP contribution in [-0.2, 0) is 11.0 Å². The first-order valence-electron chi connectivity index (χ1n) is 6.79. The van der Waals surface area contributed by atoms with Gasteiger partial charge in [-0.2, -0.15) is 0 Å².